The molecule has 24 heavy (non-hydrogen) atoms. The molecular weight excluding hydrogens is 307 g/mol. The van der Waals surface area contributed by atoms with Crippen LogP contribution in [0.2, 0.25) is 0 Å². The number of hydrogen-bond donors (Lipinski definition) is 2. The van der Waals surface area contributed by atoms with Crippen molar-refractivity contribution in [1.82, 2.24) is 5.32 Å². The summed E-state index contributed by atoms with van der Waals surface area (Å²) in [5, 5.41) is 2.63. The van der Waals surface area contributed by atoms with Crippen LogP contribution in [0, 0.1) is 19.7 Å². The average molecular weight is 328 g/mol. The summed E-state index contributed by atoms with van der Waals surface area (Å²) in [5.74, 6) is -1.36. The largest absolute Gasteiger partial charge is 0.368 e. The fourth-order valence-corrected chi connectivity index (χ4v) is 2.47. The molecule has 126 valence electrons. The SMILES string of the molecule is Cc1ccc(C[C@@H](NC(=O)Cc2cccc(F)c2)C(N)=O)cc1C. The minimum atomic E-state index is -0.798. The van der Waals surface area contributed by atoms with Crippen molar-refractivity contribution in [3.05, 3.63) is 70.5 Å². The molecule has 2 aromatic rings. The van der Waals surface area contributed by atoms with Crippen molar-refractivity contribution < 1.29 is 14.0 Å². The maximum atomic E-state index is 13.2. The fraction of sp³-hybridized carbons (Fsp3) is 0.263. The smallest absolute Gasteiger partial charge is 0.240 e. The monoisotopic (exact) mass is 328 g/mol. The van der Waals surface area contributed by atoms with Crippen LogP contribution in [0.4, 0.5) is 4.39 Å². The molecule has 1 atom stereocenters. The van der Waals surface area contributed by atoms with E-state index in [1.165, 1.54) is 12.1 Å². The quantitative estimate of drug-likeness (QED) is 0.853. The van der Waals surface area contributed by atoms with E-state index in [1.54, 1.807) is 12.1 Å². The molecule has 0 unspecified atom stereocenters. The molecular formula is C19H21FN2O2. The first-order valence-corrected chi connectivity index (χ1v) is 7.74. The summed E-state index contributed by atoms with van der Waals surface area (Å²) < 4.78 is 13.2. The molecule has 0 heterocycles. The summed E-state index contributed by atoms with van der Waals surface area (Å²) in [6.07, 6.45) is 0.319. The standard InChI is InChI=1S/C19H21FN2O2/c1-12-6-7-15(8-13(12)2)10-17(19(21)24)22-18(23)11-14-4-3-5-16(20)9-14/h3-9,17H,10-11H2,1-2H3,(H2,21,24)(H,22,23)/t17-/m1/s1. The minimum Gasteiger partial charge on any atom is -0.368 e. The van der Waals surface area contributed by atoms with Gasteiger partial charge in [-0.05, 0) is 48.2 Å². The van der Waals surface area contributed by atoms with Gasteiger partial charge in [0.2, 0.25) is 11.8 Å². The number of amides is 2. The Morgan fingerprint density at radius 3 is 2.46 bits per heavy atom. The molecule has 0 fully saturated rings. The molecule has 0 saturated heterocycles. The van der Waals surface area contributed by atoms with Gasteiger partial charge in [-0.3, -0.25) is 9.59 Å². The Morgan fingerprint density at radius 2 is 1.83 bits per heavy atom. The lowest BCUT2D eigenvalue weighted by atomic mass is 10.0. The van der Waals surface area contributed by atoms with Crippen LogP contribution in [-0.4, -0.2) is 17.9 Å². The van der Waals surface area contributed by atoms with Crippen LogP contribution in [0.25, 0.3) is 0 Å². The Morgan fingerprint density at radius 1 is 1.08 bits per heavy atom. The van der Waals surface area contributed by atoms with E-state index in [-0.39, 0.29) is 12.3 Å². The Balaban J connectivity index is 2.03. The summed E-state index contributed by atoms with van der Waals surface area (Å²) in [5.41, 5.74) is 9.14. The molecule has 0 saturated carbocycles. The van der Waals surface area contributed by atoms with Crippen molar-refractivity contribution in [1.29, 1.82) is 0 Å². The molecule has 5 heteroatoms. The molecule has 2 amide bonds. The van der Waals surface area contributed by atoms with Crippen molar-refractivity contribution in [3.8, 4) is 0 Å². The fourth-order valence-electron chi connectivity index (χ4n) is 2.47. The zero-order chi connectivity index (χ0) is 17.7. The highest BCUT2D eigenvalue weighted by atomic mass is 19.1. The normalized spacial score (nSPS) is 11.8. The number of rotatable bonds is 6. The zero-order valence-electron chi connectivity index (χ0n) is 13.8. The van der Waals surface area contributed by atoms with E-state index in [1.807, 2.05) is 32.0 Å². The predicted molar refractivity (Wildman–Crippen MR) is 90.8 cm³/mol. The van der Waals surface area contributed by atoms with Gasteiger partial charge in [-0.2, -0.15) is 0 Å². The van der Waals surface area contributed by atoms with Gasteiger partial charge in [0, 0.05) is 6.42 Å². The Labute approximate surface area is 140 Å². The van der Waals surface area contributed by atoms with Gasteiger partial charge >= 0.3 is 0 Å². The zero-order valence-corrected chi connectivity index (χ0v) is 13.8. The van der Waals surface area contributed by atoms with Gasteiger partial charge in [0.25, 0.3) is 0 Å². The van der Waals surface area contributed by atoms with Crippen molar-refractivity contribution in [2.45, 2.75) is 32.7 Å². The predicted octanol–water partition coefficient (Wildman–Crippen LogP) is 2.20. The van der Waals surface area contributed by atoms with Crippen LogP contribution >= 0.6 is 0 Å². The van der Waals surface area contributed by atoms with E-state index in [2.05, 4.69) is 5.32 Å². The van der Waals surface area contributed by atoms with Crippen LogP contribution in [0.3, 0.4) is 0 Å². The second-order valence-corrected chi connectivity index (χ2v) is 5.95. The molecule has 0 radical (unpaired) electrons. The molecule has 2 aromatic carbocycles. The number of carbonyl (C=O) groups is 2. The van der Waals surface area contributed by atoms with Gasteiger partial charge in [0.05, 0.1) is 6.42 Å². The lowest BCUT2D eigenvalue weighted by Gasteiger charge is -2.16. The third-order valence-corrected chi connectivity index (χ3v) is 3.94. The van der Waals surface area contributed by atoms with E-state index in [4.69, 9.17) is 5.73 Å². The Bertz CT molecular complexity index is 759. The summed E-state index contributed by atoms with van der Waals surface area (Å²) in [7, 11) is 0. The van der Waals surface area contributed by atoms with Gasteiger partial charge in [-0.1, -0.05) is 30.3 Å². The van der Waals surface area contributed by atoms with Gasteiger partial charge in [0.1, 0.15) is 11.9 Å². The highest BCUT2D eigenvalue weighted by Crippen LogP contribution is 2.12. The van der Waals surface area contributed by atoms with Crippen molar-refractivity contribution in [2.24, 2.45) is 5.73 Å². The molecule has 4 nitrogen and oxygen atoms in total. The van der Waals surface area contributed by atoms with E-state index in [0.29, 0.717) is 12.0 Å². The summed E-state index contributed by atoms with van der Waals surface area (Å²) in [6, 6.07) is 10.9. The maximum absolute atomic E-state index is 13.2. The first-order valence-electron chi connectivity index (χ1n) is 7.74. The maximum Gasteiger partial charge on any atom is 0.240 e. The Kier molecular flexibility index (Phi) is 5.68. The number of hydrogen-bond acceptors (Lipinski definition) is 2. The average Bonchev–Trinajstić information content (AvgIpc) is 2.50. The van der Waals surface area contributed by atoms with Crippen LogP contribution < -0.4 is 11.1 Å². The van der Waals surface area contributed by atoms with Crippen molar-refractivity contribution in [2.75, 3.05) is 0 Å². The first-order chi connectivity index (χ1) is 11.3. The van der Waals surface area contributed by atoms with Gasteiger partial charge in [0.15, 0.2) is 0 Å². The van der Waals surface area contributed by atoms with Gasteiger partial charge < -0.3 is 11.1 Å². The second-order valence-electron chi connectivity index (χ2n) is 5.95. The summed E-state index contributed by atoms with van der Waals surface area (Å²) in [6.45, 7) is 3.99. The Hall–Kier alpha value is -2.69. The highest BCUT2D eigenvalue weighted by Gasteiger charge is 2.19. The van der Waals surface area contributed by atoms with Crippen molar-refractivity contribution in [3.63, 3.8) is 0 Å². The third kappa shape index (κ3) is 4.91. The molecule has 3 N–H and O–H groups in total. The van der Waals surface area contributed by atoms with Crippen LogP contribution in [0.15, 0.2) is 42.5 Å². The van der Waals surface area contributed by atoms with Crippen LogP contribution in [0.5, 0.6) is 0 Å². The number of primary amides is 1. The second kappa shape index (κ2) is 7.73. The highest BCUT2D eigenvalue weighted by molar-refractivity contribution is 5.87. The van der Waals surface area contributed by atoms with Gasteiger partial charge in [-0.25, -0.2) is 4.39 Å². The molecule has 0 bridgehead atoms. The topological polar surface area (TPSA) is 72.2 Å². The number of nitrogens with two attached hydrogens (primary N) is 1. The molecule has 0 aliphatic rings. The van der Waals surface area contributed by atoms with Crippen LogP contribution in [-0.2, 0) is 22.4 Å². The van der Waals surface area contributed by atoms with E-state index < -0.39 is 17.8 Å². The van der Waals surface area contributed by atoms with E-state index in [0.717, 1.165) is 16.7 Å². The molecule has 0 spiro atoms. The molecule has 0 aliphatic carbocycles. The number of benzene rings is 2. The third-order valence-electron chi connectivity index (χ3n) is 3.94. The first kappa shape index (κ1) is 17.7. The molecule has 2 rings (SSSR count). The molecule has 0 aliphatic heterocycles. The van der Waals surface area contributed by atoms with E-state index >= 15 is 0 Å². The van der Waals surface area contributed by atoms with Crippen LogP contribution in [0.1, 0.15) is 22.3 Å². The molecule has 0 aromatic heterocycles. The van der Waals surface area contributed by atoms with Crippen molar-refractivity contribution >= 4 is 11.8 Å². The van der Waals surface area contributed by atoms with E-state index in [9.17, 15) is 14.0 Å². The summed E-state index contributed by atoms with van der Waals surface area (Å²) >= 11 is 0. The minimum absolute atomic E-state index is 0.00549. The number of aryl methyl sites for hydroxylation is 2. The summed E-state index contributed by atoms with van der Waals surface area (Å²) in [4.78, 5) is 23.8. The number of nitrogens with one attached hydrogen (secondary N) is 1. The lowest BCUT2D eigenvalue weighted by Crippen LogP contribution is -2.46. The lowest BCUT2D eigenvalue weighted by molar-refractivity contribution is -0.127. The van der Waals surface area contributed by atoms with Gasteiger partial charge in [-0.15, -0.1) is 0 Å². The number of halogens is 1. The number of carbonyl (C=O) groups excluding carboxylic acids is 2.